The summed E-state index contributed by atoms with van der Waals surface area (Å²) in [6.07, 6.45) is 6.18. The predicted molar refractivity (Wildman–Crippen MR) is 85.0 cm³/mol. The molecule has 5 heteroatoms. The lowest BCUT2D eigenvalue weighted by molar-refractivity contribution is -0.112. The Labute approximate surface area is 130 Å². The van der Waals surface area contributed by atoms with Gasteiger partial charge in [-0.15, -0.1) is 0 Å². The summed E-state index contributed by atoms with van der Waals surface area (Å²) in [5.41, 5.74) is 0.584. The molecule has 22 heavy (non-hydrogen) atoms. The SMILES string of the molecule is CC1CCCCC1N/C=C(/C#N)C(=O)Nc1ccc(O)cc1. The van der Waals surface area contributed by atoms with Gasteiger partial charge in [0.15, 0.2) is 0 Å². The van der Waals surface area contributed by atoms with E-state index in [4.69, 9.17) is 5.26 Å². The van der Waals surface area contributed by atoms with Crippen molar-refractivity contribution in [3.05, 3.63) is 36.0 Å². The first-order valence-corrected chi connectivity index (χ1v) is 7.57. The minimum atomic E-state index is -0.454. The van der Waals surface area contributed by atoms with E-state index in [1.54, 1.807) is 12.1 Å². The van der Waals surface area contributed by atoms with Crippen LogP contribution in [-0.2, 0) is 4.79 Å². The first-order chi connectivity index (χ1) is 10.6. The molecule has 0 radical (unpaired) electrons. The number of hydrogen-bond donors (Lipinski definition) is 3. The van der Waals surface area contributed by atoms with E-state index < -0.39 is 5.91 Å². The molecule has 0 saturated heterocycles. The van der Waals surface area contributed by atoms with Crippen LogP contribution in [0.3, 0.4) is 0 Å². The van der Waals surface area contributed by atoms with E-state index in [1.807, 2.05) is 6.07 Å². The van der Waals surface area contributed by atoms with E-state index in [9.17, 15) is 9.90 Å². The number of phenols is 1. The highest BCUT2D eigenvalue weighted by atomic mass is 16.3. The van der Waals surface area contributed by atoms with Crippen molar-refractivity contribution in [2.75, 3.05) is 5.32 Å². The van der Waals surface area contributed by atoms with E-state index in [0.29, 0.717) is 17.6 Å². The summed E-state index contributed by atoms with van der Waals surface area (Å²) in [6, 6.07) is 8.37. The van der Waals surface area contributed by atoms with Gasteiger partial charge < -0.3 is 15.7 Å². The molecule has 2 rings (SSSR count). The van der Waals surface area contributed by atoms with Crippen molar-refractivity contribution in [1.82, 2.24) is 5.32 Å². The first kappa shape index (κ1) is 15.9. The molecule has 1 aliphatic carbocycles. The van der Waals surface area contributed by atoms with Crippen LogP contribution >= 0.6 is 0 Å². The number of benzene rings is 1. The summed E-state index contributed by atoms with van der Waals surface area (Å²) < 4.78 is 0. The molecule has 116 valence electrons. The zero-order chi connectivity index (χ0) is 15.9. The highest BCUT2D eigenvalue weighted by molar-refractivity contribution is 6.06. The molecule has 0 aromatic heterocycles. The fraction of sp³-hybridized carbons (Fsp3) is 0.412. The largest absolute Gasteiger partial charge is 0.508 e. The molecule has 0 aliphatic heterocycles. The van der Waals surface area contributed by atoms with Crippen LogP contribution in [0, 0.1) is 17.2 Å². The Morgan fingerprint density at radius 2 is 2.00 bits per heavy atom. The Kier molecular flexibility index (Phi) is 5.42. The fourth-order valence-corrected chi connectivity index (χ4v) is 2.65. The number of carbonyl (C=O) groups excluding carboxylic acids is 1. The third kappa shape index (κ3) is 4.26. The van der Waals surface area contributed by atoms with Crippen molar-refractivity contribution in [3.63, 3.8) is 0 Å². The summed E-state index contributed by atoms with van der Waals surface area (Å²) >= 11 is 0. The van der Waals surface area contributed by atoms with Crippen LogP contribution in [-0.4, -0.2) is 17.1 Å². The molecular formula is C17H21N3O2. The summed E-state index contributed by atoms with van der Waals surface area (Å²) in [5, 5.41) is 24.2. The van der Waals surface area contributed by atoms with Crippen LogP contribution in [0.25, 0.3) is 0 Å². The number of phenolic OH excluding ortho intramolecular Hbond substituents is 1. The molecule has 1 amide bonds. The number of nitrogens with zero attached hydrogens (tertiary/aromatic N) is 1. The molecule has 1 aliphatic rings. The van der Waals surface area contributed by atoms with Crippen molar-refractivity contribution in [2.45, 2.75) is 38.6 Å². The van der Waals surface area contributed by atoms with Gasteiger partial charge in [-0.1, -0.05) is 19.8 Å². The topological polar surface area (TPSA) is 85.2 Å². The average molecular weight is 299 g/mol. The molecule has 0 heterocycles. The van der Waals surface area contributed by atoms with Gasteiger partial charge in [0.05, 0.1) is 0 Å². The molecule has 0 bridgehead atoms. The quantitative estimate of drug-likeness (QED) is 0.453. The predicted octanol–water partition coefficient (Wildman–Crippen LogP) is 2.91. The number of aromatic hydroxyl groups is 1. The molecule has 1 aromatic rings. The molecule has 0 spiro atoms. The van der Waals surface area contributed by atoms with Crippen LogP contribution in [0.1, 0.15) is 32.6 Å². The maximum Gasteiger partial charge on any atom is 0.267 e. The average Bonchev–Trinajstić information content (AvgIpc) is 2.52. The second-order valence-electron chi connectivity index (χ2n) is 5.71. The third-order valence-corrected chi connectivity index (χ3v) is 4.04. The second kappa shape index (κ2) is 7.51. The lowest BCUT2D eigenvalue weighted by Gasteiger charge is -2.29. The Hall–Kier alpha value is -2.48. The summed E-state index contributed by atoms with van der Waals surface area (Å²) in [7, 11) is 0. The van der Waals surface area contributed by atoms with Gasteiger partial charge in [0.1, 0.15) is 17.4 Å². The summed E-state index contributed by atoms with van der Waals surface area (Å²) in [4.78, 5) is 12.1. The van der Waals surface area contributed by atoms with Crippen LogP contribution in [0.2, 0.25) is 0 Å². The second-order valence-corrected chi connectivity index (χ2v) is 5.71. The lowest BCUT2D eigenvalue weighted by Crippen LogP contribution is -2.34. The minimum absolute atomic E-state index is 0.0471. The van der Waals surface area contributed by atoms with Gasteiger partial charge in [0, 0.05) is 17.9 Å². The van der Waals surface area contributed by atoms with Crippen LogP contribution < -0.4 is 10.6 Å². The smallest absolute Gasteiger partial charge is 0.267 e. The number of amides is 1. The number of rotatable bonds is 4. The molecule has 1 fully saturated rings. The number of carbonyl (C=O) groups is 1. The molecular weight excluding hydrogens is 278 g/mol. The van der Waals surface area contributed by atoms with Gasteiger partial charge in [-0.3, -0.25) is 4.79 Å². The molecule has 2 atom stereocenters. The van der Waals surface area contributed by atoms with Gasteiger partial charge in [-0.05, 0) is 43.0 Å². The molecule has 1 aromatic carbocycles. The van der Waals surface area contributed by atoms with Gasteiger partial charge >= 0.3 is 0 Å². The maximum atomic E-state index is 12.1. The van der Waals surface area contributed by atoms with Crippen molar-refractivity contribution in [2.24, 2.45) is 5.92 Å². The molecule has 5 nitrogen and oxygen atoms in total. The monoisotopic (exact) mass is 299 g/mol. The zero-order valence-corrected chi connectivity index (χ0v) is 12.7. The number of nitriles is 1. The van der Waals surface area contributed by atoms with Gasteiger partial charge in [-0.2, -0.15) is 5.26 Å². The minimum Gasteiger partial charge on any atom is -0.508 e. The Morgan fingerprint density at radius 1 is 1.32 bits per heavy atom. The Bertz CT molecular complexity index is 587. The van der Waals surface area contributed by atoms with Crippen LogP contribution in [0.4, 0.5) is 5.69 Å². The molecule has 1 saturated carbocycles. The Morgan fingerprint density at radius 3 is 2.64 bits per heavy atom. The lowest BCUT2D eigenvalue weighted by atomic mass is 9.86. The molecule has 3 N–H and O–H groups in total. The summed E-state index contributed by atoms with van der Waals surface area (Å²) in [5.74, 6) is 0.219. The van der Waals surface area contributed by atoms with E-state index in [0.717, 1.165) is 6.42 Å². The Balaban J connectivity index is 1.97. The third-order valence-electron chi connectivity index (χ3n) is 4.04. The van der Waals surface area contributed by atoms with E-state index >= 15 is 0 Å². The number of nitrogens with one attached hydrogen (secondary N) is 2. The molecule has 2 unspecified atom stereocenters. The van der Waals surface area contributed by atoms with Gasteiger partial charge in [-0.25, -0.2) is 0 Å². The zero-order valence-electron chi connectivity index (χ0n) is 12.7. The highest BCUT2D eigenvalue weighted by Gasteiger charge is 2.20. The standard InChI is InChI=1S/C17H21N3O2/c1-12-4-2-3-5-16(12)19-11-13(10-18)17(22)20-14-6-8-15(21)9-7-14/h6-9,11-12,16,19,21H,2-5H2,1H3,(H,20,22)/b13-11-. The number of hydrogen-bond acceptors (Lipinski definition) is 4. The van der Waals surface area contributed by atoms with E-state index in [2.05, 4.69) is 17.6 Å². The van der Waals surface area contributed by atoms with Crippen molar-refractivity contribution >= 4 is 11.6 Å². The van der Waals surface area contributed by atoms with E-state index in [1.165, 1.54) is 37.6 Å². The first-order valence-electron chi connectivity index (χ1n) is 7.57. The van der Waals surface area contributed by atoms with Crippen LogP contribution in [0.5, 0.6) is 5.75 Å². The highest BCUT2D eigenvalue weighted by Crippen LogP contribution is 2.23. The van der Waals surface area contributed by atoms with Crippen molar-refractivity contribution in [3.8, 4) is 11.8 Å². The van der Waals surface area contributed by atoms with Gasteiger partial charge in [0.25, 0.3) is 5.91 Å². The summed E-state index contributed by atoms with van der Waals surface area (Å²) in [6.45, 7) is 2.19. The normalized spacial score (nSPS) is 21.7. The number of anilines is 1. The fourth-order valence-electron chi connectivity index (χ4n) is 2.65. The van der Waals surface area contributed by atoms with E-state index in [-0.39, 0.29) is 11.3 Å². The van der Waals surface area contributed by atoms with Gasteiger partial charge in [0.2, 0.25) is 0 Å². The van der Waals surface area contributed by atoms with Crippen molar-refractivity contribution in [1.29, 1.82) is 5.26 Å². The van der Waals surface area contributed by atoms with Crippen LogP contribution in [0.15, 0.2) is 36.0 Å². The van der Waals surface area contributed by atoms with Crippen molar-refractivity contribution < 1.29 is 9.90 Å². The maximum absolute atomic E-state index is 12.1.